The molecule has 4 aliphatic heterocycles. The van der Waals surface area contributed by atoms with E-state index in [1.807, 2.05) is 0 Å². The first-order valence-corrected chi connectivity index (χ1v) is 17.1. The summed E-state index contributed by atoms with van der Waals surface area (Å²) in [7, 11) is 0. The van der Waals surface area contributed by atoms with Crippen molar-refractivity contribution in [3.05, 3.63) is 0 Å². The van der Waals surface area contributed by atoms with Crippen molar-refractivity contribution in [2.24, 2.45) is 0 Å². The first-order valence-electron chi connectivity index (χ1n) is 17.1. The molecule has 312 valence electrons. The van der Waals surface area contributed by atoms with Crippen molar-refractivity contribution >= 4 is 17.7 Å². The summed E-state index contributed by atoms with van der Waals surface area (Å²) in [6.07, 6.45) is -29.0. The molecule has 3 amide bonds. The standard InChI is InChI=1S/C30H51N3O21/c1-8(37)31-15-21(43)19(41)14(49-27(15)47)7-48-28-17(33-10(3)39)23(45)25(13(6-36)52-28)53-30-24(46)26(20(42)12(5-35)51-30)54-29-16(32-9(2)38)22(44)18(40)11(4-34)50-29/h11-30,34-36,40-47H,4-7H2,1-3H3,(H,31,37)(H,32,38)(H,33,39)/t11-,12-,13-,14-,15-,16-,17-,18+,19+,20+,21-,22-,23-,24-,25-,26+,27?,28?,29-,30+/m1/s1. The summed E-state index contributed by atoms with van der Waals surface area (Å²) in [5.74, 6) is -2.03. The van der Waals surface area contributed by atoms with Crippen LogP contribution in [0.3, 0.4) is 0 Å². The van der Waals surface area contributed by atoms with Crippen molar-refractivity contribution < 1.29 is 104 Å². The monoisotopic (exact) mass is 789 g/mol. The second-order valence-electron chi connectivity index (χ2n) is 13.4. The fourth-order valence-corrected chi connectivity index (χ4v) is 6.65. The molecule has 4 rings (SSSR count). The highest BCUT2D eigenvalue weighted by molar-refractivity contribution is 5.74. The maximum absolute atomic E-state index is 12.2. The summed E-state index contributed by atoms with van der Waals surface area (Å²) >= 11 is 0. The highest BCUT2D eigenvalue weighted by atomic mass is 16.8. The lowest BCUT2D eigenvalue weighted by molar-refractivity contribution is -0.370. The summed E-state index contributed by atoms with van der Waals surface area (Å²) in [5, 5.41) is 123. The maximum Gasteiger partial charge on any atom is 0.217 e. The van der Waals surface area contributed by atoms with E-state index in [1.165, 1.54) is 0 Å². The molecule has 4 aliphatic rings. The third-order valence-electron chi connectivity index (χ3n) is 9.39. The molecule has 0 aromatic heterocycles. The zero-order valence-corrected chi connectivity index (χ0v) is 29.4. The first kappa shape index (κ1) is 44.4. The van der Waals surface area contributed by atoms with E-state index in [-0.39, 0.29) is 0 Å². The van der Waals surface area contributed by atoms with Crippen molar-refractivity contribution in [2.75, 3.05) is 26.4 Å². The van der Waals surface area contributed by atoms with Crippen LogP contribution >= 0.6 is 0 Å². The van der Waals surface area contributed by atoms with Crippen molar-refractivity contribution in [1.29, 1.82) is 0 Å². The van der Waals surface area contributed by atoms with Gasteiger partial charge in [0.25, 0.3) is 0 Å². The summed E-state index contributed by atoms with van der Waals surface area (Å²) in [4.78, 5) is 35.5. The Kier molecular flexibility index (Phi) is 15.8. The Morgan fingerprint density at radius 2 is 0.926 bits per heavy atom. The van der Waals surface area contributed by atoms with Crippen LogP contribution in [0.25, 0.3) is 0 Å². The van der Waals surface area contributed by atoms with Crippen molar-refractivity contribution in [3.63, 3.8) is 0 Å². The lowest BCUT2D eigenvalue weighted by atomic mass is 9.94. The topological polar surface area (TPSA) is 374 Å². The second-order valence-corrected chi connectivity index (χ2v) is 13.4. The molecule has 20 atom stereocenters. The third kappa shape index (κ3) is 9.97. The number of hydrogen-bond acceptors (Lipinski definition) is 21. The number of carbonyl (C=O) groups excluding carboxylic acids is 3. The van der Waals surface area contributed by atoms with Gasteiger partial charge in [0.15, 0.2) is 25.2 Å². The van der Waals surface area contributed by atoms with Gasteiger partial charge < -0.3 is 105 Å². The van der Waals surface area contributed by atoms with Crippen LogP contribution in [0.1, 0.15) is 20.8 Å². The van der Waals surface area contributed by atoms with E-state index >= 15 is 0 Å². The largest absolute Gasteiger partial charge is 0.394 e. The van der Waals surface area contributed by atoms with E-state index in [2.05, 4.69) is 16.0 Å². The van der Waals surface area contributed by atoms with Crippen molar-refractivity contribution in [3.8, 4) is 0 Å². The molecule has 0 aliphatic carbocycles. The molecule has 4 saturated heterocycles. The highest BCUT2D eigenvalue weighted by Crippen LogP contribution is 2.33. The molecule has 14 N–H and O–H groups in total. The van der Waals surface area contributed by atoms with Gasteiger partial charge in [-0.3, -0.25) is 14.4 Å². The average Bonchev–Trinajstić information content (AvgIpc) is 3.11. The quantitative estimate of drug-likeness (QED) is 0.0823. The van der Waals surface area contributed by atoms with Crippen LogP contribution < -0.4 is 16.0 Å². The van der Waals surface area contributed by atoms with Crippen LogP contribution in [0.4, 0.5) is 0 Å². The molecule has 0 aromatic carbocycles. The van der Waals surface area contributed by atoms with Gasteiger partial charge in [0.05, 0.1) is 26.4 Å². The smallest absolute Gasteiger partial charge is 0.217 e. The van der Waals surface area contributed by atoms with E-state index in [0.29, 0.717) is 0 Å². The normalized spacial score (nSPS) is 45.7. The van der Waals surface area contributed by atoms with Crippen LogP contribution in [0.5, 0.6) is 0 Å². The number of rotatable bonds is 13. The van der Waals surface area contributed by atoms with Gasteiger partial charge in [-0.05, 0) is 0 Å². The first-order chi connectivity index (χ1) is 25.4. The number of ether oxygens (including phenoxy) is 7. The molecule has 24 nitrogen and oxygen atoms in total. The van der Waals surface area contributed by atoms with Crippen LogP contribution in [-0.4, -0.2) is 223 Å². The summed E-state index contributed by atoms with van der Waals surface area (Å²) in [6.45, 7) is 0.0638. The fourth-order valence-electron chi connectivity index (χ4n) is 6.65. The number of amides is 3. The van der Waals surface area contributed by atoms with Crippen LogP contribution in [0.2, 0.25) is 0 Å². The van der Waals surface area contributed by atoms with Gasteiger partial charge in [-0.1, -0.05) is 0 Å². The molecule has 54 heavy (non-hydrogen) atoms. The zero-order valence-electron chi connectivity index (χ0n) is 29.4. The molecule has 0 radical (unpaired) electrons. The second kappa shape index (κ2) is 19.2. The minimum Gasteiger partial charge on any atom is -0.394 e. The molecule has 0 spiro atoms. The van der Waals surface area contributed by atoms with Gasteiger partial charge in [0.2, 0.25) is 17.7 Å². The fraction of sp³-hybridized carbons (Fsp3) is 0.900. The molecule has 0 aromatic rings. The van der Waals surface area contributed by atoms with E-state index in [4.69, 9.17) is 33.2 Å². The average molecular weight is 790 g/mol. The predicted octanol–water partition coefficient (Wildman–Crippen LogP) is -9.32. The Balaban J connectivity index is 1.52. The molecule has 4 fully saturated rings. The molecular weight excluding hydrogens is 738 g/mol. The summed E-state index contributed by atoms with van der Waals surface area (Å²) in [6, 6.07) is -4.39. The number of hydrogen-bond donors (Lipinski definition) is 14. The molecule has 4 heterocycles. The third-order valence-corrected chi connectivity index (χ3v) is 9.39. The summed E-state index contributed by atoms with van der Waals surface area (Å²) in [5.41, 5.74) is 0. The van der Waals surface area contributed by atoms with Gasteiger partial charge in [-0.25, -0.2) is 0 Å². The van der Waals surface area contributed by atoms with Gasteiger partial charge in [0, 0.05) is 20.8 Å². The minimum absolute atomic E-state index is 0.624. The highest BCUT2D eigenvalue weighted by Gasteiger charge is 2.55. The molecule has 0 saturated carbocycles. The maximum atomic E-state index is 12.2. The number of aliphatic hydroxyl groups is 11. The Morgan fingerprint density at radius 1 is 0.481 bits per heavy atom. The molecular formula is C30H51N3O21. The minimum atomic E-state index is -2.02. The SMILES string of the molecule is CC(=O)N[C@H]1[C@@H](O[C@H]2[C@@H](O)[C@@H](CO)O[C@@H](O[C@H]3[C@H](O)[C@@H](NC(C)=O)C(OC[C@H]4OC(O)[C@H](NC(C)=O)[C@@H](O)[C@H]4O)O[C@@H]3CO)[C@@H]2O)O[C@H](CO)[C@H](O)[C@@H]1O. The Labute approximate surface area is 307 Å². The number of nitrogens with one attached hydrogen (secondary N) is 3. The molecule has 0 bridgehead atoms. The van der Waals surface area contributed by atoms with E-state index in [0.717, 1.165) is 20.8 Å². The van der Waals surface area contributed by atoms with E-state index in [9.17, 15) is 70.6 Å². The Morgan fingerprint density at radius 3 is 1.48 bits per heavy atom. The van der Waals surface area contributed by atoms with Crippen LogP contribution in [-0.2, 0) is 47.5 Å². The number of aliphatic hydroxyl groups excluding tert-OH is 11. The van der Waals surface area contributed by atoms with Gasteiger partial charge in [0.1, 0.15) is 97.5 Å². The Bertz CT molecular complexity index is 1250. The predicted molar refractivity (Wildman–Crippen MR) is 169 cm³/mol. The number of carbonyl (C=O) groups is 3. The lowest BCUT2D eigenvalue weighted by Crippen LogP contribution is -2.69. The van der Waals surface area contributed by atoms with Crippen LogP contribution in [0, 0.1) is 0 Å². The van der Waals surface area contributed by atoms with Gasteiger partial charge in [-0.15, -0.1) is 0 Å². The van der Waals surface area contributed by atoms with Crippen LogP contribution in [0.15, 0.2) is 0 Å². The zero-order chi connectivity index (χ0) is 40.2. The van der Waals surface area contributed by atoms with Crippen molar-refractivity contribution in [1.82, 2.24) is 16.0 Å². The Hall–Kier alpha value is -2.31. The lowest BCUT2D eigenvalue weighted by Gasteiger charge is -2.49. The van der Waals surface area contributed by atoms with Crippen molar-refractivity contribution in [2.45, 2.75) is 143 Å². The van der Waals surface area contributed by atoms with Gasteiger partial charge in [-0.2, -0.15) is 0 Å². The van der Waals surface area contributed by atoms with Gasteiger partial charge >= 0.3 is 0 Å². The summed E-state index contributed by atoms with van der Waals surface area (Å²) < 4.78 is 39.5. The molecule has 24 heteroatoms. The van der Waals surface area contributed by atoms with E-state index < -0.39 is 167 Å². The molecule has 2 unspecified atom stereocenters. The van der Waals surface area contributed by atoms with E-state index in [1.54, 1.807) is 0 Å².